The van der Waals surface area contributed by atoms with E-state index in [1.165, 1.54) is 36.2 Å². The Balaban J connectivity index is 1.09. The fourth-order valence-electron chi connectivity index (χ4n) is 3.72. The third-order valence-corrected chi connectivity index (χ3v) is 8.01. The van der Waals surface area contributed by atoms with E-state index < -0.39 is 0 Å². The van der Waals surface area contributed by atoms with Gasteiger partial charge in [-0.3, -0.25) is 0 Å². The van der Waals surface area contributed by atoms with E-state index in [9.17, 15) is 0 Å². The zero-order valence-electron chi connectivity index (χ0n) is 18.9. The van der Waals surface area contributed by atoms with Crippen LogP contribution in [0.15, 0.2) is 53.9 Å². The molecule has 0 atom stereocenters. The van der Waals surface area contributed by atoms with Gasteiger partial charge in [0.2, 0.25) is 0 Å². The number of rotatable bonds is 15. The largest absolute Gasteiger partial charge is 0.381 e. The lowest BCUT2D eigenvalue weighted by molar-refractivity contribution is 0.0778. The molecule has 0 aliphatic rings. The molecule has 0 aliphatic heterocycles. The van der Waals surface area contributed by atoms with Gasteiger partial charge in [-0.15, -0.1) is 22.7 Å². The van der Waals surface area contributed by atoms with Gasteiger partial charge in [-0.05, 0) is 77.2 Å². The van der Waals surface area contributed by atoms with E-state index in [1.54, 1.807) is 11.3 Å². The number of fused-ring (bicyclic) bond motifs is 2. The van der Waals surface area contributed by atoms with Crippen LogP contribution in [0.3, 0.4) is 0 Å². The van der Waals surface area contributed by atoms with Gasteiger partial charge in [-0.1, -0.05) is 40.2 Å². The van der Waals surface area contributed by atoms with Crippen molar-refractivity contribution in [1.29, 1.82) is 0 Å². The molecule has 4 aromatic rings. The zero-order chi connectivity index (χ0) is 22.7. The molecule has 0 spiro atoms. The molecule has 6 heteroatoms. The maximum absolute atomic E-state index is 5.89. The molecule has 3 nitrogen and oxygen atoms in total. The second kappa shape index (κ2) is 13.6. The Morgan fingerprint density at radius 3 is 2.15 bits per heavy atom. The molecule has 0 radical (unpaired) electrons. The second-order valence-corrected chi connectivity index (χ2v) is 11.0. The molecule has 0 fully saturated rings. The van der Waals surface area contributed by atoms with Crippen molar-refractivity contribution in [2.45, 2.75) is 32.3 Å². The maximum atomic E-state index is 5.89. The number of hydrogen-bond donors (Lipinski definition) is 0. The Bertz CT molecular complexity index is 1120. The Hall–Kier alpha value is -1.28. The van der Waals surface area contributed by atoms with E-state index in [1.807, 2.05) is 11.3 Å². The van der Waals surface area contributed by atoms with Crippen LogP contribution in [0.25, 0.3) is 20.2 Å². The third-order valence-electron chi connectivity index (χ3n) is 5.46. The standard InChI is InChI=1S/C27H31BrO3S2/c28-10-1-11-29-14-8-22-4-6-27-24(18-22)19-25(33-27)20-31-13-2-12-30-15-7-21-3-5-26-23(17-21)9-16-32-26/h3-6,9,16-19H,1-2,7-8,10-15,20H2. The molecule has 176 valence electrons. The third kappa shape index (κ3) is 7.88. The Labute approximate surface area is 212 Å². The van der Waals surface area contributed by atoms with Crippen LogP contribution in [0.2, 0.25) is 0 Å². The molecule has 0 unspecified atom stereocenters. The van der Waals surface area contributed by atoms with E-state index >= 15 is 0 Å². The molecule has 0 bridgehead atoms. The molecule has 0 saturated carbocycles. The van der Waals surface area contributed by atoms with Crippen LogP contribution in [-0.4, -0.2) is 38.4 Å². The normalized spacial score (nSPS) is 11.7. The van der Waals surface area contributed by atoms with Gasteiger partial charge >= 0.3 is 0 Å². The SMILES string of the molecule is BrCCCOCCc1ccc2sc(COCCCOCCc3ccc4sccc4c3)cc2c1. The van der Waals surface area contributed by atoms with Gasteiger partial charge in [0.05, 0.1) is 19.8 Å². The summed E-state index contributed by atoms with van der Waals surface area (Å²) in [5, 5.41) is 5.78. The van der Waals surface area contributed by atoms with Crippen molar-refractivity contribution in [3.05, 3.63) is 69.9 Å². The van der Waals surface area contributed by atoms with Crippen LogP contribution in [0.1, 0.15) is 28.8 Å². The molecule has 0 amide bonds. The molecule has 33 heavy (non-hydrogen) atoms. The van der Waals surface area contributed by atoms with Gasteiger partial charge in [-0.25, -0.2) is 0 Å². The van der Waals surface area contributed by atoms with Gasteiger partial charge in [0.1, 0.15) is 0 Å². The van der Waals surface area contributed by atoms with Crippen molar-refractivity contribution in [3.8, 4) is 0 Å². The number of halogens is 1. The lowest BCUT2D eigenvalue weighted by atomic mass is 10.1. The topological polar surface area (TPSA) is 27.7 Å². The molecule has 2 aromatic carbocycles. The van der Waals surface area contributed by atoms with Crippen LogP contribution in [0, 0.1) is 0 Å². The van der Waals surface area contributed by atoms with E-state index in [-0.39, 0.29) is 0 Å². The first kappa shape index (κ1) is 24.8. The Morgan fingerprint density at radius 2 is 1.36 bits per heavy atom. The number of benzene rings is 2. The molecule has 4 rings (SSSR count). The van der Waals surface area contributed by atoms with E-state index in [0.29, 0.717) is 6.61 Å². The number of ether oxygens (including phenoxy) is 3. The number of alkyl halides is 1. The summed E-state index contributed by atoms with van der Waals surface area (Å²) in [7, 11) is 0. The average Bonchev–Trinajstić information content (AvgIpc) is 3.46. The summed E-state index contributed by atoms with van der Waals surface area (Å²) in [5.41, 5.74) is 2.67. The molecular formula is C27H31BrO3S2. The monoisotopic (exact) mass is 546 g/mol. The summed E-state index contributed by atoms with van der Waals surface area (Å²) in [6, 6.07) is 17.8. The highest BCUT2D eigenvalue weighted by atomic mass is 79.9. The van der Waals surface area contributed by atoms with Gasteiger partial charge in [-0.2, -0.15) is 0 Å². The summed E-state index contributed by atoms with van der Waals surface area (Å²) in [5.74, 6) is 0. The first-order chi connectivity index (χ1) is 16.3. The Morgan fingerprint density at radius 1 is 0.667 bits per heavy atom. The van der Waals surface area contributed by atoms with Crippen LogP contribution in [0.5, 0.6) is 0 Å². The first-order valence-corrected chi connectivity index (χ1v) is 14.4. The first-order valence-electron chi connectivity index (χ1n) is 11.6. The summed E-state index contributed by atoms with van der Waals surface area (Å²) in [6.07, 6.45) is 3.90. The fourth-order valence-corrected chi connectivity index (χ4v) is 5.70. The molecule has 2 aromatic heterocycles. The van der Waals surface area contributed by atoms with Crippen molar-refractivity contribution in [2.75, 3.05) is 38.4 Å². The van der Waals surface area contributed by atoms with Gasteiger partial charge < -0.3 is 14.2 Å². The summed E-state index contributed by atoms with van der Waals surface area (Å²) in [6.45, 7) is 4.51. The highest BCUT2D eigenvalue weighted by Gasteiger charge is 2.04. The molecule has 0 saturated heterocycles. The Kier molecular flexibility index (Phi) is 10.2. The molecular weight excluding hydrogens is 516 g/mol. The van der Waals surface area contributed by atoms with E-state index in [0.717, 1.165) is 64.0 Å². The van der Waals surface area contributed by atoms with Gasteiger partial charge in [0.25, 0.3) is 0 Å². The van der Waals surface area contributed by atoms with Crippen molar-refractivity contribution >= 4 is 58.8 Å². The summed E-state index contributed by atoms with van der Waals surface area (Å²) < 4.78 is 20.0. The van der Waals surface area contributed by atoms with Crippen molar-refractivity contribution in [1.82, 2.24) is 0 Å². The lowest BCUT2D eigenvalue weighted by Crippen LogP contribution is -2.03. The van der Waals surface area contributed by atoms with E-state index in [2.05, 4.69) is 69.8 Å². The molecule has 0 aliphatic carbocycles. The minimum Gasteiger partial charge on any atom is -0.381 e. The van der Waals surface area contributed by atoms with E-state index in [4.69, 9.17) is 14.2 Å². The van der Waals surface area contributed by atoms with Gasteiger partial charge in [0, 0.05) is 39.4 Å². The van der Waals surface area contributed by atoms with Crippen molar-refractivity contribution < 1.29 is 14.2 Å². The van der Waals surface area contributed by atoms with Crippen LogP contribution in [0.4, 0.5) is 0 Å². The zero-order valence-corrected chi connectivity index (χ0v) is 22.1. The highest BCUT2D eigenvalue weighted by molar-refractivity contribution is 9.09. The number of hydrogen-bond acceptors (Lipinski definition) is 5. The molecule has 2 heterocycles. The van der Waals surface area contributed by atoms with Crippen molar-refractivity contribution in [2.24, 2.45) is 0 Å². The second-order valence-electron chi connectivity index (χ2n) is 8.05. The van der Waals surface area contributed by atoms with Crippen LogP contribution < -0.4 is 0 Å². The predicted octanol–water partition coefficient (Wildman–Crippen LogP) is 7.63. The van der Waals surface area contributed by atoms with Crippen LogP contribution >= 0.6 is 38.6 Å². The quantitative estimate of drug-likeness (QED) is 0.113. The minimum atomic E-state index is 0.672. The average molecular weight is 548 g/mol. The fraction of sp³-hybridized carbons (Fsp3) is 0.407. The maximum Gasteiger partial charge on any atom is 0.0809 e. The van der Waals surface area contributed by atoms with Crippen LogP contribution in [-0.2, 0) is 33.7 Å². The lowest BCUT2D eigenvalue weighted by Gasteiger charge is -2.05. The number of thiophene rings is 2. The van der Waals surface area contributed by atoms with Gasteiger partial charge in [0.15, 0.2) is 0 Å². The highest BCUT2D eigenvalue weighted by Crippen LogP contribution is 2.27. The minimum absolute atomic E-state index is 0.672. The summed E-state index contributed by atoms with van der Waals surface area (Å²) in [4.78, 5) is 1.28. The summed E-state index contributed by atoms with van der Waals surface area (Å²) >= 11 is 7.04. The predicted molar refractivity (Wildman–Crippen MR) is 145 cm³/mol. The smallest absolute Gasteiger partial charge is 0.0809 e. The van der Waals surface area contributed by atoms with Crippen molar-refractivity contribution in [3.63, 3.8) is 0 Å². The molecule has 0 N–H and O–H groups in total.